The van der Waals surface area contributed by atoms with Crippen molar-refractivity contribution >= 4 is 10.8 Å². The molecule has 0 spiro atoms. The minimum atomic E-state index is -0.0371. The Labute approximate surface area is 100 Å². The monoisotopic (exact) mass is 229 g/mol. The first-order chi connectivity index (χ1) is 8.42. The van der Waals surface area contributed by atoms with Crippen LogP contribution in [0, 0.1) is 0 Å². The van der Waals surface area contributed by atoms with E-state index in [-0.39, 0.29) is 6.23 Å². The van der Waals surface area contributed by atoms with Crippen LogP contribution in [0.4, 0.5) is 0 Å². The molecule has 1 atom stereocenters. The van der Waals surface area contributed by atoms with Crippen molar-refractivity contribution in [2.75, 3.05) is 19.8 Å². The summed E-state index contributed by atoms with van der Waals surface area (Å²) >= 11 is 0. The maximum atomic E-state index is 5.83. The van der Waals surface area contributed by atoms with E-state index in [9.17, 15) is 0 Å². The van der Waals surface area contributed by atoms with Gasteiger partial charge in [0.15, 0.2) is 6.23 Å². The van der Waals surface area contributed by atoms with Crippen molar-refractivity contribution in [3.8, 4) is 5.75 Å². The van der Waals surface area contributed by atoms with E-state index in [1.54, 1.807) is 0 Å². The lowest BCUT2D eigenvalue weighted by Gasteiger charge is -2.24. The van der Waals surface area contributed by atoms with E-state index in [0.717, 1.165) is 18.9 Å². The van der Waals surface area contributed by atoms with Crippen LogP contribution in [-0.4, -0.2) is 26.0 Å². The molecule has 0 aliphatic carbocycles. The van der Waals surface area contributed by atoms with E-state index >= 15 is 0 Å². The van der Waals surface area contributed by atoms with Gasteiger partial charge in [-0.3, -0.25) is 5.32 Å². The van der Waals surface area contributed by atoms with Gasteiger partial charge in [-0.1, -0.05) is 30.3 Å². The molecule has 17 heavy (non-hydrogen) atoms. The largest absolute Gasteiger partial charge is 0.473 e. The van der Waals surface area contributed by atoms with Gasteiger partial charge in [0.2, 0.25) is 0 Å². The van der Waals surface area contributed by atoms with Gasteiger partial charge in [-0.15, -0.1) is 0 Å². The molecular formula is C14H15NO2. The standard InChI is InChI=1S/C14H15NO2/c1-2-4-12-9-13(6-5-11(12)3-1)17-14-10-16-8-7-15-14/h1-6,9,14-15H,7-8,10H2. The number of hydrogen-bond acceptors (Lipinski definition) is 3. The first kappa shape index (κ1) is 10.6. The van der Waals surface area contributed by atoms with Gasteiger partial charge in [-0.05, 0) is 22.9 Å². The summed E-state index contributed by atoms with van der Waals surface area (Å²) in [4.78, 5) is 0. The predicted molar refractivity (Wildman–Crippen MR) is 67.2 cm³/mol. The highest BCUT2D eigenvalue weighted by Crippen LogP contribution is 2.21. The lowest BCUT2D eigenvalue weighted by molar-refractivity contribution is -0.00240. The van der Waals surface area contributed by atoms with Crippen LogP contribution in [0.1, 0.15) is 0 Å². The lowest BCUT2D eigenvalue weighted by atomic mass is 10.1. The van der Waals surface area contributed by atoms with Gasteiger partial charge in [-0.25, -0.2) is 0 Å². The van der Waals surface area contributed by atoms with Crippen LogP contribution in [-0.2, 0) is 4.74 Å². The van der Waals surface area contributed by atoms with Gasteiger partial charge in [0, 0.05) is 6.54 Å². The number of nitrogens with one attached hydrogen (secondary N) is 1. The quantitative estimate of drug-likeness (QED) is 0.856. The Bertz CT molecular complexity index is 506. The van der Waals surface area contributed by atoms with Crippen molar-refractivity contribution in [2.45, 2.75) is 6.23 Å². The van der Waals surface area contributed by atoms with Crippen LogP contribution in [0.15, 0.2) is 42.5 Å². The van der Waals surface area contributed by atoms with Gasteiger partial charge < -0.3 is 9.47 Å². The molecule has 3 heteroatoms. The highest BCUT2D eigenvalue weighted by molar-refractivity contribution is 5.83. The summed E-state index contributed by atoms with van der Waals surface area (Å²) in [6.45, 7) is 2.21. The highest BCUT2D eigenvalue weighted by Gasteiger charge is 2.14. The van der Waals surface area contributed by atoms with Crippen LogP contribution in [0.2, 0.25) is 0 Å². The molecular weight excluding hydrogens is 214 g/mol. The Balaban J connectivity index is 1.80. The Morgan fingerprint density at radius 3 is 2.82 bits per heavy atom. The third kappa shape index (κ3) is 2.40. The second-order valence-corrected chi connectivity index (χ2v) is 4.14. The molecule has 2 aromatic carbocycles. The molecule has 88 valence electrons. The van der Waals surface area contributed by atoms with Crippen molar-refractivity contribution in [1.82, 2.24) is 5.32 Å². The fourth-order valence-electron chi connectivity index (χ4n) is 2.02. The minimum Gasteiger partial charge on any atom is -0.473 e. The highest BCUT2D eigenvalue weighted by atomic mass is 16.5. The fraction of sp³-hybridized carbons (Fsp3) is 0.286. The number of hydrogen-bond donors (Lipinski definition) is 1. The van der Waals surface area contributed by atoms with Gasteiger partial charge >= 0.3 is 0 Å². The summed E-state index contributed by atoms with van der Waals surface area (Å²) in [7, 11) is 0. The Morgan fingerprint density at radius 2 is 2.00 bits per heavy atom. The van der Waals surface area contributed by atoms with E-state index in [2.05, 4.69) is 29.6 Å². The lowest BCUT2D eigenvalue weighted by Crippen LogP contribution is -2.44. The number of fused-ring (bicyclic) bond motifs is 1. The van der Waals surface area contributed by atoms with Crippen molar-refractivity contribution in [3.63, 3.8) is 0 Å². The molecule has 0 radical (unpaired) electrons. The molecule has 0 aromatic heterocycles. The van der Waals surface area contributed by atoms with E-state index < -0.39 is 0 Å². The van der Waals surface area contributed by atoms with E-state index in [4.69, 9.17) is 9.47 Å². The topological polar surface area (TPSA) is 30.5 Å². The summed E-state index contributed by atoms with van der Waals surface area (Å²) in [5.41, 5.74) is 0. The Morgan fingerprint density at radius 1 is 1.12 bits per heavy atom. The molecule has 1 unspecified atom stereocenters. The van der Waals surface area contributed by atoms with E-state index in [1.807, 2.05) is 18.2 Å². The summed E-state index contributed by atoms with van der Waals surface area (Å²) in [6, 6.07) is 14.4. The maximum absolute atomic E-state index is 5.83. The summed E-state index contributed by atoms with van der Waals surface area (Å²) in [5.74, 6) is 0.881. The fourth-order valence-corrected chi connectivity index (χ4v) is 2.02. The molecule has 1 aliphatic heterocycles. The van der Waals surface area contributed by atoms with Gasteiger partial charge in [0.1, 0.15) is 5.75 Å². The molecule has 3 nitrogen and oxygen atoms in total. The first-order valence-corrected chi connectivity index (χ1v) is 5.88. The maximum Gasteiger partial charge on any atom is 0.173 e. The van der Waals surface area contributed by atoms with E-state index in [0.29, 0.717) is 6.61 Å². The number of morpholine rings is 1. The van der Waals surface area contributed by atoms with Gasteiger partial charge in [-0.2, -0.15) is 0 Å². The SMILES string of the molecule is c1ccc2cc(OC3COCCN3)ccc2c1. The van der Waals surface area contributed by atoms with Crippen molar-refractivity contribution in [1.29, 1.82) is 0 Å². The van der Waals surface area contributed by atoms with Crippen LogP contribution >= 0.6 is 0 Å². The zero-order chi connectivity index (χ0) is 11.5. The zero-order valence-corrected chi connectivity index (χ0v) is 9.56. The second kappa shape index (κ2) is 4.73. The van der Waals surface area contributed by atoms with Crippen molar-refractivity contribution in [3.05, 3.63) is 42.5 Å². The molecule has 0 saturated carbocycles. The number of benzene rings is 2. The summed E-state index contributed by atoms with van der Waals surface area (Å²) in [5, 5.41) is 5.69. The molecule has 1 N–H and O–H groups in total. The Kier molecular flexibility index (Phi) is 2.94. The third-order valence-electron chi connectivity index (χ3n) is 2.89. The Hall–Kier alpha value is -1.58. The minimum absolute atomic E-state index is 0.0371. The summed E-state index contributed by atoms with van der Waals surface area (Å²) in [6.07, 6.45) is -0.0371. The molecule has 2 aromatic rings. The molecule has 0 bridgehead atoms. The van der Waals surface area contributed by atoms with Gasteiger partial charge in [0.25, 0.3) is 0 Å². The molecule has 1 aliphatic rings. The van der Waals surface area contributed by atoms with Crippen molar-refractivity contribution in [2.24, 2.45) is 0 Å². The molecule has 1 fully saturated rings. The smallest absolute Gasteiger partial charge is 0.173 e. The van der Waals surface area contributed by atoms with Crippen molar-refractivity contribution < 1.29 is 9.47 Å². The second-order valence-electron chi connectivity index (χ2n) is 4.14. The first-order valence-electron chi connectivity index (χ1n) is 5.88. The average Bonchev–Trinajstić information content (AvgIpc) is 2.40. The molecule has 0 amide bonds. The molecule has 3 rings (SSSR count). The normalized spacial score (nSPS) is 20.4. The molecule has 1 heterocycles. The van der Waals surface area contributed by atoms with Crippen LogP contribution < -0.4 is 10.1 Å². The summed E-state index contributed by atoms with van der Waals surface area (Å²) < 4.78 is 11.2. The van der Waals surface area contributed by atoms with Crippen LogP contribution in [0.5, 0.6) is 5.75 Å². The number of ether oxygens (including phenoxy) is 2. The average molecular weight is 229 g/mol. The van der Waals surface area contributed by atoms with Crippen LogP contribution in [0.3, 0.4) is 0 Å². The van der Waals surface area contributed by atoms with Gasteiger partial charge in [0.05, 0.1) is 13.2 Å². The van der Waals surface area contributed by atoms with Crippen LogP contribution in [0.25, 0.3) is 10.8 Å². The number of rotatable bonds is 2. The molecule has 1 saturated heterocycles. The van der Waals surface area contributed by atoms with E-state index in [1.165, 1.54) is 10.8 Å². The third-order valence-corrected chi connectivity index (χ3v) is 2.89. The predicted octanol–water partition coefficient (Wildman–Crippen LogP) is 2.16. The zero-order valence-electron chi connectivity index (χ0n) is 9.56.